The number of benzene rings is 11. The van der Waals surface area contributed by atoms with E-state index in [-0.39, 0.29) is 0 Å². The number of hydrogen-bond acceptors (Lipinski definition) is 2. The summed E-state index contributed by atoms with van der Waals surface area (Å²) in [4.78, 5) is 4.85. The number of rotatable bonds is 8. The fourth-order valence-electron chi connectivity index (χ4n) is 9.69. The fourth-order valence-corrected chi connectivity index (χ4v) is 9.69. The third-order valence-corrected chi connectivity index (χ3v) is 12.5. The fraction of sp³-hybridized carbons (Fsp3) is 0. The molecule has 0 radical (unpaired) electrons. The van der Waals surface area contributed by atoms with Crippen LogP contribution in [-0.4, -0.2) is 4.57 Å². The number of para-hydroxylation sites is 4. The van der Waals surface area contributed by atoms with Gasteiger partial charge in [-0.15, -0.1) is 0 Å². The van der Waals surface area contributed by atoms with Crippen molar-refractivity contribution in [2.24, 2.45) is 0 Å². The number of aromatic nitrogens is 1. The van der Waals surface area contributed by atoms with Crippen LogP contribution in [0.4, 0.5) is 34.1 Å². The highest BCUT2D eigenvalue weighted by atomic mass is 15.2. The zero-order chi connectivity index (χ0) is 41.7. The summed E-state index contributed by atoms with van der Waals surface area (Å²) in [5.74, 6) is 0. The first-order valence-electron chi connectivity index (χ1n) is 21.6. The third kappa shape index (κ3) is 6.29. The zero-order valence-corrected chi connectivity index (χ0v) is 34.5. The van der Waals surface area contributed by atoms with Crippen LogP contribution in [0.15, 0.2) is 249 Å². The highest BCUT2D eigenvalue weighted by Gasteiger charge is 2.23. The Hall–Kier alpha value is -8.40. The maximum absolute atomic E-state index is 2.43. The molecule has 11 aromatic carbocycles. The van der Waals surface area contributed by atoms with Crippen molar-refractivity contribution in [1.82, 2.24) is 4.57 Å². The number of fused-ring (bicyclic) bond motifs is 7. The Morgan fingerprint density at radius 1 is 0.270 bits per heavy atom. The first kappa shape index (κ1) is 36.5. The minimum Gasteiger partial charge on any atom is -0.310 e. The molecule has 0 amide bonds. The molecular formula is C60H41N3. The van der Waals surface area contributed by atoms with Gasteiger partial charge in [0.05, 0.1) is 16.7 Å². The lowest BCUT2D eigenvalue weighted by atomic mass is 9.92. The van der Waals surface area contributed by atoms with Crippen molar-refractivity contribution in [3.8, 4) is 16.8 Å². The molecule has 1 aromatic heterocycles. The van der Waals surface area contributed by atoms with E-state index in [1.165, 1.54) is 54.2 Å². The average molecular weight is 804 g/mol. The van der Waals surface area contributed by atoms with Crippen LogP contribution in [0.2, 0.25) is 0 Å². The monoisotopic (exact) mass is 803 g/mol. The van der Waals surface area contributed by atoms with Crippen molar-refractivity contribution in [1.29, 1.82) is 0 Å². The molecule has 0 atom stereocenters. The molecule has 0 saturated heterocycles. The maximum Gasteiger partial charge on any atom is 0.0561 e. The highest BCUT2D eigenvalue weighted by molar-refractivity contribution is 6.15. The standard InChI is InChI=1S/C60H41N3/c1-4-22-45(23-5-1)61(48-35-36-56-55-32-16-17-33-59(55)63(60(56)41-48)47-26-8-3-9-27-47)49-37-44(57-39-43-20-11-12-28-51(43)53-30-14-15-31-54(53)57)38-50(40-49)62(46-24-6-2-7-25-46)58-34-18-21-42-19-10-13-29-52(42)58/h1-41H. The molecule has 0 aliphatic rings. The van der Waals surface area contributed by atoms with E-state index in [0.717, 1.165) is 50.9 Å². The quantitative estimate of drug-likeness (QED) is 0.142. The lowest BCUT2D eigenvalue weighted by Crippen LogP contribution is -2.14. The summed E-state index contributed by atoms with van der Waals surface area (Å²) < 4.78 is 2.40. The third-order valence-electron chi connectivity index (χ3n) is 12.5. The summed E-state index contributed by atoms with van der Waals surface area (Å²) >= 11 is 0. The van der Waals surface area contributed by atoms with Crippen molar-refractivity contribution >= 4 is 88.2 Å². The van der Waals surface area contributed by atoms with Crippen LogP contribution in [-0.2, 0) is 0 Å². The van der Waals surface area contributed by atoms with Crippen molar-refractivity contribution in [3.63, 3.8) is 0 Å². The Morgan fingerprint density at radius 2 is 0.810 bits per heavy atom. The molecule has 63 heavy (non-hydrogen) atoms. The van der Waals surface area contributed by atoms with Crippen LogP contribution in [0.3, 0.4) is 0 Å². The molecule has 12 aromatic rings. The SMILES string of the molecule is c1ccc(N(c2cc(-c3cc4ccccc4c4ccccc34)cc(N(c3ccccc3)c3cccc4ccccc34)c2)c2ccc3c4ccccc4n(-c4ccccc4)c3c2)cc1. The van der Waals surface area contributed by atoms with Gasteiger partial charge in [-0.1, -0.05) is 164 Å². The van der Waals surface area contributed by atoms with Crippen LogP contribution in [0.5, 0.6) is 0 Å². The summed E-state index contributed by atoms with van der Waals surface area (Å²) in [6, 6.07) is 90.4. The predicted molar refractivity (Wildman–Crippen MR) is 268 cm³/mol. The molecule has 0 unspecified atom stereocenters. The van der Waals surface area contributed by atoms with Gasteiger partial charge in [0.15, 0.2) is 0 Å². The maximum atomic E-state index is 2.43. The molecule has 12 rings (SSSR count). The van der Waals surface area contributed by atoms with Gasteiger partial charge in [0.2, 0.25) is 0 Å². The molecule has 3 nitrogen and oxygen atoms in total. The molecule has 0 spiro atoms. The lowest BCUT2D eigenvalue weighted by molar-refractivity contribution is 1.18. The molecule has 3 heteroatoms. The first-order valence-corrected chi connectivity index (χ1v) is 21.6. The van der Waals surface area contributed by atoms with Gasteiger partial charge in [-0.2, -0.15) is 0 Å². The minimum absolute atomic E-state index is 1.05. The van der Waals surface area contributed by atoms with E-state index < -0.39 is 0 Å². The topological polar surface area (TPSA) is 11.4 Å². The van der Waals surface area contributed by atoms with Gasteiger partial charge in [-0.05, 0) is 123 Å². The van der Waals surface area contributed by atoms with Crippen LogP contribution < -0.4 is 9.80 Å². The first-order chi connectivity index (χ1) is 31.3. The van der Waals surface area contributed by atoms with E-state index in [0.29, 0.717) is 0 Å². The van der Waals surface area contributed by atoms with Crippen LogP contribution in [0.1, 0.15) is 0 Å². The Bertz CT molecular complexity index is 3630. The summed E-state index contributed by atoms with van der Waals surface area (Å²) in [6.45, 7) is 0. The lowest BCUT2D eigenvalue weighted by Gasteiger charge is -2.31. The number of anilines is 6. The number of hydrogen-bond donors (Lipinski definition) is 0. The van der Waals surface area contributed by atoms with E-state index in [1.54, 1.807) is 0 Å². The largest absolute Gasteiger partial charge is 0.310 e. The Kier molecular flexibility index (Phi) is 8.83. The van der Waals surface area contributed by atoms with Crippen molar-refractivity contribution in [2.75, 3.05) is 9.80 Å². The van der Waals surface area contributed by atoms with E-state index in [4.69, 9.17) is 0 Å². The second-order valence-electron chi connectivity index (χ2n) is 16.2. The molecular weight excluding hydrogens is 763 g/mol. The van der Waals surface area contributed by atoms with Gasteiger partial charge in [-0.25, -0.2) is 0 Å². The van der Waals surface area contributed by atoms with Crippen LogP contribution in [0, 0.1) is 0 Å². The normalized spacial score (nSPS) is 11.5. The average Bonchev–Trinajstić information content (AvgIpc) is 3.68. The summed E-state index contributed by atoms with van der Waals surface area (Å²) in [5.41, 5.74) is 12.2. The Balaban J connectivity index is 1.17. The molecule has 0 bridgehead atoms. The molecule has 0 saturated carbocycles. The minimum atomic E-state index is 1.05. The van der Waals surface area contributed by atoms with Gasteiger partial charge >= 0.3 is 0 Å². The van der Waals surface area contributed by atoms with Gasteiger partial charge < -0.3 is 14.4 Å². The Labute approximate surface area is 366 Å². The van der Waals surface area contributed by atoms with Crippen molar-refractivity contribution in [3.05, 3.63) is 249 Å². The summed E-state index contributed by atoms with van der Waals surface area (Å²) in [6.07, 6.45) is 0. The molecule has 0 aliphatic carbocycles. The predicted octanol–water partition coefficient (Wildman–Crippen LogP) is 16.8. The molecule has 0 N–H and O–H groups in total. The van der Waals surface area contributed by atoms with E-state index in [2.05, 4.69) is 263 Å². The summed E-state index contributed by atoms with van der Waals surface area (Å²) in [7, 11) is 0. The van der Waals surface area contributed by atoms with Crippen LogP contribution in [0.25, 0.3) is 70.9 Å². The van der Waals surface area contributed by atoms with E-state index in [1.807, 2.05) is 0 Å². The second kappa shape index (κ2) is 15.3. The summed E-state index contributed by atoms with van der Waals surface area (Å²) in [5, 5.41) is 9.76. The smallest absolute Gasteiger partial charge is 0.0561 e. The van der Waals surface area contributed by atoms with E-state index >= 15 is 0 Å². The molecule has 0 fully saturated rings. The van der Waals surface area contributed by atoms with E-state index in [9.17, 15) is 0 Å². The molecule has 296 valence electrons. The highest BCUT2D eigenvalue weighted by Crippen LogP contribution is 2.47. The molecule has 0 aliphatic heterocycles. The molecule has 1 heterocycles. The van der Waals surface area contributed by atoms with Gasteiger partial charge in [-0.3, -0.25) is 0 Å². The second-order valence-corrected chi connectivity index (χ2v) is 16.2. The van der Waals surface area contributed by atoms with Crippen LogP contribution >= 0.6 is 0 Å². The number of nitrogens with zero attached hydrogens (tertiary/aromatic N) is 3. The van der Waals surface area contributed by atoms with Crippen molar-refractivity contribution < 1.29 is 0 Å². The Morgan fingerprint density at radius 3 is 1.56 bits per heavy atom. The zero-order valence-electron chi connectivity index (χ0n) is 34.5. The van der Waals surface area contributed by atoms with Gasteiger partial charge in [0.25, 0.3) is 0 Å². The van der Waals surface area contributed by atoms with Gasteiger partial charge in [0.1, 0.15) is 0 Å². The van der Waals surface area contributed by atoms with Crippen molar-refractivity contribution in [2.45, 2.75) is 0 Å². The van der Waals surface area contributed by atoms with Gasteiger partial charge in [0, 0.05) is 50.3 Å².